The molecule has 4 rings (SSSR count). The highest BCUT2D eigenvalue weighted by Crippen LogP contribution is 2.41. The van der Waals surface area contributed by atoms with Crippen LogP contribution >= 0.6 is 22.9 Å². The second-order valence-corrected chi connectivity index (χ2v) is 6.25. The van der Waals surface area contributed by atoms with Gasteiger partial charge in [-0.05, 0) is 18.6 Å². The van der Waals surface area contributed by atoms with Crippen LogP contribution in [-0.2, 0) is 6.54 Å². The van der Waals surface area contributed by atoms with Gasteiger partial charge in [0.2, 0.25) is 0 Å². The standard InChI is InChI=1S/C17H15IN4/c1-2-21-11-12-7-3-4-8-13(12)16-17(22(18)20-19-16)14-9-5-6-10-15(14)21/h3-10H,2,11H2,1H3. The third kappa shape index (κ3) is 2.03. The van der Waals surface area contributed by atoms with Gasteiger partial charge < -0.3 is 4.90 Å². The number of para-hydroxylation sites is 1. The molecule has 22 heavy (non-hydrogen) atoms. The van der Waals surface area contributed by atoms with Gasteiger partial charge in [0.1, 0.15) is 11.4 Å². The number of fused-ring (bicyclic) bond motifs is 5. The number of nitrogens with zero attached hydrogens (tertiary/aromatic N) is 4. The second-order valence-electron chi connectivity index (χ2n) is 5.34. The van der Waals surface area contributed by atoms with Crippen molar-refractivity contribution >= 4 is 28.6 Å². The summed E-state index contributed by atoms with van der Waals surface area (Å²) in [7, 11) is 0. The molecule has 4 nitrogen and oxygen atoms in total. The van der Waals surface area contributed by atoms with Crippen molar-refractivity contribution in [2.24, 2.45) is 0 Å². The molecule has 1 aliphatic rings. The predicted molar refractivity (Wildman–Crippen MR) is 97.0 cm³/mol. The summed E-state index contributed by atoms with van der Waals surface area (Å²) in [5.41, 5.74) is 6.93. The number of aromatic nitrogens is 3. The summed E-state index contributed by atoms with van der Waals surface area (Å²) in [5, 5.41) is 8.70. The highest BCUT2D eigenvalue weighted by molar-refractivity contribution is 14.1. The van der Waals surface area contributed by atoms with Crippen LogP contribution in [0.25, 0.3) is 22.5 Å². The minimum Gasteiger partial charge on any atom is -0.367 e. The minimum atomic E-state index is 0.886. The molecule has 0 saturated heterocycles. The molecule has 0 saturated carbocycles. The van der Waals surface area contributed by atoms with Crippen LogP contribution < -0.4 is 4.90 Å². The maximum absolute atomic E-state index is 4.44. The summed E-state index contributed by atoms with van der Waals surface area (Å²) in [5.74, 6) is 0. The largest absolute Gasteiger partial charge is 0.367 e. The maximum atomic E-state index is 4.44. The molecule has 2 aromatic carbocycles. The van der Waals surface area contributed by atoms with Gasteiger partial charge in [-0.15, -0.1) is 5.10 Å². The van der Waals surface area contributed by atoms with Gasteiger partial charge in [0, 0.05) is 29.9 Å². The zero-order valence-electron chi connectivity index (χ0n) is 12.2. The highest BCUT2D eigenvalue weighted by atomic mass is 127. The third-order valence-electron chi connectivity index (χ3n) is 4.15. The van der Waals surface area contributed by atoms with E-state index >= 15 is 0 Å². The van der Waals surface area contributed by atoms with E-state index in [-0.39, 0.29) is 0 Å². The van der Waals surface area contributed by atoms with E-state index in [1.165, 1.54) is 22.4 Å². The lowest BCUT2D eigenvalue weighted by Gasteiger charge is -2.28. The van der Waals surface area contributed by atoms with Crippen molar-refractivity contribution in [1.29, 1.82) is 0 Å². The average molecular weight is 402 g/mol. The number of hydrogen-bond donors (Lipinski definition) is 0. The lowest BCUT2D eigenvalue weighted by molar-refractivity contribution is 0.832. The van der Waals surface area contributed by atoms with E-state index in [9.17, 15) is 0 Å². The number of anilines is 1. The van der Waals surface area contributed by atoms with Crippen molar-refractivity contribution in [3.05, 3.63) is 54.1 Å². The maximum Gasteiger partial charge on any atom is 0.122 e. The Morgan fingerprint density at radius 3 is 2.59 bits per heavy atom. The topological polar surface area (TPSA) is 34.0 Å². The third-order valence-corrected chi connectivity index (χ3v) is 4.82. The summed E-state index contributed by atoms with van der Waals surface area (Å²) < 4.78 is 1.85. The Morgan fingerprint density at radius 2 is 1.77 bits per heavy atom. The van der Waals surface area contributed by atoms with E-state index in [4.69, 9.17) is 0 Å². The molecule has 1 aliphatic heterocycles. The smallest absolute Gasteiger partial charge is 0.122 e. The number of hydrogen-bond acceptors (Lipinski definition) is 3. The SMILES string of the molecule is CCN1Cc2ccccc2-c2nnn(I)c2-c2ccccc21. The summed E-state index contributed by atoms with van der Waals surface area (Å²) in [6.45, 7) is 4.04. The fourth-order valence-electron chi connectivity index (χ4n) is 3.08. The number of benzene rings is 2. The number of halogens is 1. The Labute approximate surface area is 143 Å². The fourth-order valence-corrected chi connectivity index (χ4v) is 3.67. The molecular weight excluding hydrogens is 387 g/mol. The lowest BCUT2D eigenvalue weighted by Crippen LogP contribution is -2.24. The van der Waals surface area contributed by atoms with Gasteiger partial charge in [-0.25, -0.2) is 0 Å². The molecule has 3 aromatic rings. The van der Waals surface area contributed by atoms with Crippen LogP contribution in [-0.4, -0.2) is 19.8 Å². The fraction of sp³-hybridized carbons (Fsp3) is 0.176. The monoisotopic (exact) mass is 402 g/mol. The summed E-state index contributed by atoms with van der Waals surface area (Å²) in [6.07, 6.45) is 0. The molecule has 0 radical (unpaired) electrons. The van der Waals surface area contributed by atoms with E-state index in [2.05, 4.69) is 93.5 Å². The number of rotatable bonds is 1. The van der Waals surface area contributed by atoms with E-state index in [1.54, 1.807) is 0 Å². The van der Waals surface area contributed by atoms with Gasteiger partial charge in [0.05, 0.1) is 22.9 Å². The molecule has 0 unspecified atom stereocenters. The Balaban J connectivity index is 2.09. The van der Waals surface area contributed by atoms with Crippen LogP contribution in [0.15, 0.2) is 48.5 Å². The minimum absolute atomic E-state index is 0.886. The first-order valence-corrected chi connectivity index (χ1v) is 8.30. The van der Waals surface area contributed by atoms with Gasteiger partial charge in [-0.1, -0.05) is 47.7 Å². The highest BCUT2D eigenvalue weighted by Gasteiger charge is 2.25. The molecule has 0 N–H and O–H groups in total. The van der Waals surface area contributed by atoms with E-state index < -0.39 is 0 Å². The lowest BCUT2D eigenvalue weighted by atomic mass is 9.96. The normalized spacial score (nSPS) is 12.9. The van der Waals surface area contributed by atoms with Crippen LogP contribution in [0.4, 0.5) is 5.69 Å². The molecule has 0 amide bonds. The Hall–Kier alpha value is -1.89. The molecule has 0 atom stereocenters. The molecule has 0 bridgehead atoms. The van der Waals surface area contributed by atoms with E-state index in [1.807, 2.05) is 2.90 Å². The zero-order chi connectivity index (χ0) is 15.1. The Morgan fingerprint density at radius 1 is 1.05 bits per heavy atom. The molecule has 110 valence electrons. The molecule has 0 fully saturated rings. The van der Waals surface area contributed by atoms with Crippen LogP contribution in [0, 0.1) is 0 Å². The Bertz CT molecular complexity index is 840. The van der Waals surface area contributed by atoms with Crippen molar-refractivity contribution in [1.82, 2.24) is 13.2 Å². The van der Waals surface area contributed by atoms with Gasteiger partial charge in [0.15, 0.2) is 0 Å². The summed E-state index contributed by atoms with van der Waals surface area (Å²) in [4.78, 5) is 2.40. The van der Waals surface area contributed by atoms with Crippen LogP contribution in [0.3, 0.4) is 0 Å². The molecule has 0 aliphatic carbocycles. The summed E-state index contributed by atoms with van der Waals surface area (Å²) in [6, 6.07) is 17.0. The van der Waals surface area contributed by atoms with Crippen LogP contribution in [0.5, 0.6) is 0 Å². The Kier molecular flexibility index (Phi) is 3.37. The molecular formula is C17H15IN4. The van der Waals surface area contributed by atoms with E-state index in [0.29, 0.717) is 0 Å². The first-order chi connectivity index (χ1) is 10.8. The zero-order valence-corrected chi connectivity index (χ0v) is 14.4. The van der Waals surface area contributed by atoms with Gasteiger partial charge in [-0.2, -0.15) is 2.90 Å². The quantitative estimate of drug-likeness (QED) is 0.574. The van der Waals surface area contributed by atoms with Gasteiger partial charge >= 0.3 is 0 Å². The van der Waals surface area contributed by atoms with Crippen molar-refractivity contribution in [2.45, 2.75) is 13.5 Å². The summed E-state index contributed by atoms with van der Waals surface area (Å²) >= 11 is 2.21. The van der Waals surface area contributed by atoms with Crippen molar-refractivity contribution < 1.29 is 0 Å². The molecule has 0 spiro atoms. The second kappa shape index (κ2) is 5.39. The van der Waals surface area contributed by atoms with Crippen LogP contribution in [0.1, 0.15) is 12.5 Å². The molecule has 5 heteroatoms. The van der Waals surface area contributed by atoms with Crippen molar-refractivity contribution in [3.8, 4) is 22.5 Å². The van der Waals surface area contributed by atoms with Gasteiger partial charge in [0.25, 0.3) is 0 Å². The molecule has 2 heterocycles. The van der Waals surface area contributed by atoms with E-state index in [0.717, 1.165) is 24.5 Å². The molecule has 1 aromatic heterocycles. The average Bonchev–Trinajstić information content (AvgIpc) is 2.92. The first kappa shape index (κ1) is 13.8. The van der Waals surface area contributed by atoms with Crippen molar-refractivity contribution in [3.63, 3.8) is 0 Å². The van der Waals surface area contributed by atoms with Gasteiger partial charge in [-0.3, -0.25) is 0 Å². The van der Waals surface area contributed by atoms with Crippen LogP contribution in [0.2, 0.25) is 0 Å². The predicted octanol–water partition coefficient (Wildman–Crippen LogP) is 4.15. The first-order valence-electron chi connectivity index (χ1n) is 7.34. The van der Waals surface area contributed by atoms with Crippen molar-refractivity contribution in [2.75, 3.05) is 11.4 Å².